The molecule has 1 atom stereocenters. The zero-order chi connectivity index (χ0) is 20.2. The van der Waals surface area contributed by atoms with Crippen LogP contribution in [0.15, 0.2) is 66.7 Å². The number of rotatable bonds is 5. The SMILES string of the molecule is CCC1c2ccccc2CCN1C(=O)CNC(=O)Cc1cccc2ccccc12. The molecule has 0 aromatic heterocycles. The van der Waals surface area contributed by atoms with Gasteiger partial charge in [0.1, 0.15) is 0 Å². The second kappa shape index (κ2) is 8.48. The number of nitrogens with one attached hydrogen (secondary N) is 1. The van der Waals surface area contributed by atoms with Crippen LogP contribution in [0, 0.1) is 0 Å². The van der Waals surface area contributed by atoms with Crippen molar-refractivity contribution >= 4 is 22.6 Å². The van der Waals surface area contributed by atoms with Gasteiger partial charge in [-0.25, -0.2) is 0 Å². The fraction of sp³-hybridized carbons (Fsp3) is 0.280. The Morgan fingerprint density at radius 3 is 2.62 bits per heavy atom. The Kier molecular flexibility index (Phi) is 5.61. The molecule has 2 amide bonds. The molecule has 0 radical (unpaired) electrons. The van der Waals surface area contributed by atoms with Gasteiger partial charge in [0.2, 0.25) is 11.8 Å². The van der Waals surface area contributed by atoms with Gasteiger partial charge in [0.15, 0.2) is 0 Å². The minimum atomic E-state index is -0.125. The van der Waals surface area contributed by atoms with Crippen LogP contribution in [0.2, 0.25) is 0 Å². The van der Waals surface area contributed by atoms with E-state index < -0.39 is 0 Å². The third kappa shape index (κ3) is 4.02. The third-order valence-corrected chi connectivity index (χ3v) is 5.79. The lowest BCUT2D eigenvalue weighted by Gasteiger charge is -2.37. The molecule has 0 saturated carbocycles. The van der Waals surface area contributed by atoms with Gasteiger partial charge in [0, 0.05) is 6.54 Å². The molecule has 1 aliphatic rings. The highest BCUT2D eigenvalue weighted by Gasteiger charge is 2.29. The fourth-order valence-electron chi connectivity index (χ4n) is 4.35. The summed E-state index contributed by atoms with van der Waals surface area (Å²) in [6, 6.07) is 22.4. The van der Waals surface area contributed by atoms with Crippen molar-refractivity contribution in [2.75, 3.05) is 13.1 Å². The van der Waals surface area contributed by atoms with Gasteiger partial charge < -0.3 is 10.2 Å². The van der Waals surface area contributed by atoms with E-state index in [1.165, 1.54) is 11.1 Å². The minimum Gasteiger partial charge on any atom is -0.347 e. The minimum absolute atomic E-state index is 0.0161. The van der Waals surface area contributed by atoms with E-state index >= 15 is 0 Å². The summed E-state index contributed by atoms with van der Waals surface area (Å²) in [5, 5.41) is 5.03. The first-order valence-corrected chi connectivity index (χ1v) is 10.3. The van der Waals surface area contributed by atoms with Crippen molar-refractivity contribution in [1.82, 2.24) is 10.2 Å². The summed E-state index contributed by atoms with van der Waals surface area (Å²) in [4.78, 5) is 27.3. The van der Waals surface area contributed by atoms with Gasteiger partial charge in [0.25, 0.3) is 0 Å². The van der Waals surface area contributed by atoms with Crippen molar-refractivity contribution in [1.29, 1.82) is 0 Å². The fourth-order valence-corrected chi connectivity index (χ4v) is 4.35. The average molecular weight is 386 g/mol. The van der Waals surface area contributed by atoms with E-state index in [-0.39, 0.29) is 30.8 Å². The molecule has 0 bridgehead atoms. The lowest BCUT2D eigenvalue weighted by Crippen LogP contribution is -2.45. The normalized spacial score (nSPS) is 15.8. The van der Waals surface area contributed by atoms with E-state index in [2.05, 4.69) is 30.4 Å². The number of hydrogen-bond acceptors (Lipinski definition) is 2. The first-order chi connectivity index (χ1) is 14.2. The van der Waals surface area contributed by atoms with E-state index in [1.807, 2.05) is 53.4 Å². The second-order valence-electron chi connectivity index (χ2n) is 7.55. The number of benzene rings is 3. The zero-order valence-corrected chi connectivity index (χ0v) is 16.7. The Hall–Kier alpha value is -3.14. The van der Waals surface area contributed by atoms with Crippen LogP contribution in [0.3, 0.4) is 0 Å². The van der Waals surface area contributed by atoms with Crippen molar-refractivity contribution in [2.24, 2.45) is 0 Å². The standard InChI is InChI=1S/C25H26N2O2/c1-2-23-22-13-6-4-9-19(22)14-15-27(23)25(29)17-26-24(28)16-20-11-7-10-18-8-3-5-12-21(18)20/h3-13,23H,2,14-17H2,1H3,(H,26,28). The van der Waals surface area contributed by atoms with Crippen LogP contribution in [-0.4, -0.2) is 29.8 Å². The molecule has 1 unspecified atom stereocenters. The first kappa shape index (κ1) is 19.2. The van der Waals surface area contributed by atoms with Crippen LogP contribution in [0.25, 0.3) is 10.8 Å². The predicted molar refractivity (Wildman–Crippen MR) is 116 cm³/mol. The summed E-state index contributed by atoms with van der Waals surface area (Å²) in [7, 11) is 0. The van der Waals surface area contributed by atoms with Crippen LogP contribution in [0.4, 0.5) is 0 Å². The molecule has 148 valence electrons. The maximum atomic E-state index is 12.9. The molecule has 0 spiro atoms. The van der Waals surface area contributed by atoms with E-state index in [1.54, 1.807) is 0 Å². The van der Waals surface area contributed by atoms with Gasteiger partial charge in [-0.15, -0.1) is 0 Å². The highest BCUT2D eigenvalue weighted by atomic mass is 16.2. The number of fused-ring (bicyclic) bond motifs is 2. The Bertz CT molecular complexity index is 1040. The first-order valence-electron chi connectivity index (χ1n) is 10.3. The van der Waals surface area contributed by atoms with Crippen molar-refractivity contribution in [3.8, 4) is 0 Å². The summed E-state index contributed by atoms with van der Waals surface area (Å²) >= 11 is 0. The molecule has 4 nitrogen and oxygen atoms in total. The number of carbonyl (C=O) groups excluding carboxylic acids is 2. The summed E-state index contributed by atoms with van der Waals surface area (Å²) in [6.07, 6.45) is 2.00. The largest absolute Gasteiger partial charge is 0.347 e. The maximum absolute atomic E-state index is 12.9. The van der Waals surface area contributed by atoms with E-state index in [9.17, 15) is 9.59 Å². The van der Waals surface area contributed by atoms with E-state index in [0.717, 1.165) is 29.2 Å². The van der Waals surface area contributed by atoms with E-state index in [4.69, 9.17) is 0 Å². The van der Waals surface area contributed by atoms with Crippen LogP contribution in [-0.2, 0) is 22.4 Å². The summed E-state index contributed by atoms with van der Waals surface area (Å²) in [6.45, 7) is 2.85. The lowest BCUT2D eigenvalue weighted by molar-refractivity contribution is -0.135. The highest BCUT2D eigenvalue weighted by molar-refractivity contribution is 5.91. The number of carbonyl (C=O) groups is 2. The molecule has 0 aliphatic carbocycles. The number of nitrogens with zero attached hydrogens (tertiary/aromatic N) is 1. The Balaban J connectivity index is 1.40. The molecule has 29 heavy (non-hydrogen) atoms. The van der Waals surface area contributed by atoms with Crippen LogP contribution in [0.1, 0.15) is 36.1 Å². The van der Waals surface area contributed by atoms with Crippen molar-refractivity contribution in [2.45, 2.75) is 32.2 Å². The van der Waals surface area contributed by atoms with Gasteiger partial charge in [-0.1, -0.05) is 73.7 Å². The molecule has 1 N–H and O–H groups in total. The van der Waals surface area contributed by atoms with Gasteiger partial charge in [-0.3, -0.25) is 9.59 Å². The molecule has 3 aromatic carbocycles. The summed E-state index contributed by atoms with van der Waals surface area (Å²) in [5.41, 5.74) is 3.53. The monoisotopic (exact) mass is 386 g/mol. The molecule has 1 heterocycles. The maximum Gasteiger partial charge on any atom is 0.242 e. The Labute approximate surface area is 171 Å². The second-order valence-corrected chi connectivity index (χ2v) is 7.55. The molecule has 0 saturated heterocycles. The summed E-state index contributed by atoms with van der Waals surface area (Å²) < 4.78 is 0. The van der Waals surface area contributed by atoms with Crippen LogP contribution >= 0.6 is 0 Å². The van der Waals surface area contributed by atoms with Crippen LogP contribution in [0.5, 0.6) is 0 Å². The smallest absolute Gasteiger partial charge is 0.242 e. The Morgan fingerprint density at radius 1 is 1.00 bits per heavy atom. The van der Waals surface area contributed by atoms with Crippen LogP contribution < -0.4 is 5.32 Å². The highest BCUT2D eigenvalue weighted by Crippen LogP contribution is 2.31. The van der Waals surface area contributed by atoms with Crippen molar-refractivity contribution in [3.63, 3.8) is 0 Å². The number of amides is 2. The molecule has 1 aliphatic heterocycles. The van der Waals surface area contributed by atoms with Gasteiger partial charge >= 0.3 is 0 Å². The summed E-state index contributed by atoms with van der Waals surface area (Å²) in [5.74, 6) is -0.141. The predicted octanol–water partition coefficient (Wildman–Crippen LogP) is 4.03. The molecular weight excluding hydrogens is 360 g/mol. The van der Waals surface area contributed by atoms with Crippen molar-refractivity contribution < 1.29 is 9.59 Å². The van der Waals surface area contributed by atoms with E-state index in [0.29, 0.717) is 6.54 Å². The number of hydrogen-bond donors (Lipinski definition) is 1. The van der Waals surface area contributed by atoms with Gasteiger partial charge in [0.05, 0.1) is 19.0 Å². The molecule has 4 heteroatoms. The Morgan fingerprint density at radius 2 is 1.76 bits per heavy atom. The van der Waals surface area contributed by atoms with Gasteiger partial charge in [-0.05, 0) is 40.3 Å². The quantitative estimate of drug-likeness (QED) is 0.720. The molecule has 0 fully saturated rings. The third-order valence-electron chi connectivity index (χ3n) is 5.79. The van der Waals surface area contributed by atoms with Gasteiger partial charge in [-0.2, -0.15) is 0 Å². The zero-order valence-electron chi connectivity index (χ0n) is 16.7. The molecule has 3 aromatic rings. The average Bonchev–Trinajstić information content (AvgIpc) is 2.77. The lowest BCUT2D eigenvalue weighted by atomic mass is 9.91. The molecular formula is C25H26N2O2. The van der Waals surface area contributed by atoms with Crippen molar-refractivity contribution in [3.05, 3.63) is 83.4 Å². The molecule has 4 rings (SSSR count). The topological polar surface area (TPSA) is 49.4 Å².